The molecule has 1 aromatic heterocycles. The van der Waals surface area contributed by atoms with Crippen LogP contribution in [-0.2, 0) is 13.2 Å². The molecule has 0 aliphatic carbocycles. The zero-order chi connectivity index (χ0) is 14.5. The average molecular weight is 274 g/mol. The first kappa shape index (κ1) is 14.6. The first-order valence-corrected chi connectivity index (χ1v) is 6.92. The SMILES string of the molecule is Cc1ccc(OCc2cc(C)on2)c(CNC(C)C)c1. The van der Waals surface area contributed by atoms with E-state index in [0.717, 1.165) is 23.7 Å². The summed E-state index contributed by atoms with van der Waals surface area (Å²) in [4.78, 5) is 0. The zero-order valence-electron chi connectivity index (χ0n) is 12.6. The number of hydrogen-bond acceptors (Lipinski definition) is 4. The Morgan fingerprint density at radius 1 is 1.25 bits per heavy atom. The summed E-state index contributed by atoms with van der Waals surface area (Å²) in [7, 11) is 0. The molecule has 4 heteroatoms. The van der Waals surface area contributed by atoms with Crippen LogP contribution in [0.5, 0.6) is 5.75 Å². The van der Waals surface area contributed by atoms with Crippen molar-refractivity contribution in [2.24, 2.45) is 0 Å². The highest BCUT2D eigenvalue weighted by molar-refractivity contribution is 5.37. The van der Waals surface area contributed by atoms with Gasteiger partial charge in [-0.1, -0.05) is 36.7 Å². The van der Waals surface area contributed by atoms with Gasteiger partial charge in [-0.05, 0) is 19.9 Å². The second kappa shape index (κ2) is 6.57. The van der Waals surface area contributed by atoms with Gasteiger partial charge in [-0.2, -0.15) is 0 Å². The number of ether oxygens (including phenoxy) is 1. The molecule has 0 spiro atoms. The molecule has 2 rings (SSSR count). The van der Waals surface area contributed by atoms with Crippen molar-refractivity contribution in [3.05, 3.63) is 46.8 Å². The maximum absolute atomic E-state index is 5.86. The summed E-state index contributed by atoms with van der Waals surface area (Å²) >= 11 is 0. The lowest BCUT2D eigenvalue weighted by atomic mass is 10.1. The fourth-order valence-electron chi connectivity index (χ4n) is 1.94. The van der Waals surface area contributed by atoms with Crippen LogP contribution in [0.1, 0.15) is 36.4 Å². The maximum Gasteiger partial charge on any atom is 0.134 e. The van der Waals surface area contributed by atoms with E-state index < -0.39 is 0 Å². The predicted molar refractivity (Wildman–Crippen MR) is 78.7 cm³/mol. The molecule has 0 aliphatic heterocycles. The summed E-state index contributed by atoms with van der Waals surface area (Å²) in [5, 5.41) is 7.35. The van der Waals surface area contributed by atoms with Gasteiger partial charge in [-0.3, -0.25) is 0 Å². The highest BCUT2D eigenvalue weighted by Crippen LogP contribution is 2.21. The Hall–Kier alpha value is -1.81. The van der Waals surface area contributed by atoms with Gasteiger partial charge in [0.15, 0.2) is 0 Å². The van der Waals surface area contributed by atoms with Crippen LogP contribution in [-0.4, -0.2) is 11.2 Å². The van der Waals surface area contributed by atoms with Crippen LogP contribution in [0.15, 0.2) is 28.8 Å². The van der Waals surface area contributed by atoms with Crippen LogP contribution in [0.25, 0.3) is 0 Å². The van der Waals surface area contributed by atoms with Crippen molar-refractivity contribution < 1.29 is 9.26 Å². The van der Waals surface area contributed by atoms with Gasteiger partial charge in [-0.25, -0.2) is 0 Å². The second-order valence-electron chi connectivity index (χ2n) is 5.36. The lowest BCUT2D eigenvalue weighted by Crippen LogP contribution is -2.22. The Bertz CT molecular complexity index is 561. The van der Waals surface area contributed by atoms with Crippen LogP contribution in [0.2, 0.25) is 0 Å². The molecule has 0 saturated carbocycles. The molecule has 0 saturated heterocycles. The second-order valence-corrected chi connectivity index (χ2v) is 5.36. The summed E-state index contributed by atoms with van der Waals surface area (Å²) in [6, 6.07) is 8.56. The summed E-state index contributed by atoms with van der Waals surface area (Å²) in [6.45, 7) is 9.45. The van der Waals surface area contributed by atoms with E-state index in [4.69, 9.17) is 9.26 Å². The number of hydrogen-bond donors (Lipinski definition) is 1. The van der Waals surface area contributed by atoms with Crippen LogP contribution < -0.4 is 10.1 Å². The molecular formula is C16H22N2O2. The van der Waals surface area contributed by atoms with Crippen molar-refractivity contribution in [3.8, 4) is 5.75 Å². The monoisotopic (exact) mass is 274 g/mol. The molecule has 20 heavy (non-hydrogen) atoms. The van der Waals surface area contributed by atoms with Crippen LogP contribution in [0, 0.1) is 13.8 Å². The smallest absolute Gasteiger partial charge is 0.134 e. The third kappa shape index (κ3) is 4.10. The van der Waals surface area contributed by atoms with E-state index >= 15 is 0 Å². The van der Waals surface area contributed by atoms with Crippen molar-refractivity contribution in [3.63, 3.8) is 0 Å². The van der Waals surface area contributed by atoms with E-state index in [1.165, 1.54) is 11.1 Å². The first-order chi connectivity index (χ1) is 9.54. The van der Waals surface area contributed by atoms with E-state index in [0.29, 0.717) is 12.6 Å². The minimum absolute atomic E-state index is 0.426. The Morgan fingerprint density at radius 3 is 2.70 bits per heavy atom. The quantitative estimate of drug-likeness (QED) is 0.877. The fourth-order valence-corrected chi connectivity index (χ4v) is 1.94. The molecule has 2 aromatic rings. The Balaban J connectivity index is 2.05. The van der Waals surface area contributed by atoms with E-state index in [1.807, 2.05) is 19.1 Å². The maximum atomic E-state index is 5.86. The molecule has 4 nitrogen and oxygen atoms in total. The Labute approximate surface area is 120 Å². The van der Waals surface area contributed by atoms with Crippen molar-refractivity contribution in [2.45, 2.75) is 46.9 Å². The molecule has 0 atom stereocenters. The molecular weight excluding hydrogens is 252 g/mol. The average Bonchev–Trinajstić information content (AvgIpc) is 2.81. The lowest BCUT2D eigenvalue weighted by molar-refractivity contribution is 0.284. The first-order valence-electron chi connectivity index (χ1n) is 6.92. The zero-order valence-corrected chi connectivity index (χ0v) is 12.6. The van der Waals surface area contributed by atoms with Gasteiger partial charge in [0.05, 0.1) is 0 Å². The minimum Gasteiger partial charge on any atom is -0.487 e. The largest absolute Gasteiger partial charge is 0.487 e. The molecule has 0 aliphatic rings. The minimum atomic E-state index is 0.426. The number of rotatable bonds is 6. The normalized spacial score (nSPS) is 11.1. The van der Waals surface area contributed by atoms with Gasteiger partial charge in [0.25, 0.3) is 0 Å². The van der Waals surface area contributed by atoms with Crippen molar-refractivity contribution >= 4 is 0 Å². The van der Waals surface area contributed by atoms with Crippen LogP contribution in [0.3, 0.4) is 0 Å². The summed E-state index contributed by atoms with van der Waals surface area (Å²) in [5.74, 6) is 1.69. The molecule has 1 heterocycles. The van der Waals surface area contributed by atoms with Crippen LogP contribution in [0.4, 0.5) is 0 Å². The van der Waals surface area contributed by atoms with Gasteiger partial charge in [-0.15, -0.1) is 0 Å². The molecule has 1 N–H and O–H groups in total. The number of nitrogens with zero attached hydrogens (tertiary/aromatic N) is 1. The van der Waals surface area contributed by atoms with Crippen molar-refractivity contribution in [1.29, 1.82) is 0 Å². The topological polar surface area (TPSA) is 47.3 Å². The van der Waals surface area contributed by atoms with Gasteiger partial charge in [0.1, 0.15) is 23.8 Å². The molecule has 0 bridgehead atoms. The molecule has 0 fully saturated rings. The molecule has 0 radical (unpaired) electrons. The number of benzene rings is 1. The Kier molecular flexibility index (Phi) is 4.79. The fraction of sp³-hybridized carbons (Fsp3) is 0.438. The predicted octanol–water partition coefficient (Wildman–Crippen LogP) is 3.37. The Morgan fingerprint density at radius 2 is 2.05 bits per heavy atom. The van der Waals surface area contributed by atoms with E-state index in [2.05, 4.69) is 43.4 Å². The van der Waals surface area contributed by atoms with Crippen molar-refractivity contribution in [2.75, 3.05) is 0 Å². The van der Waals surface area contributed by atoms with Crippen LogP contribution >= 0.6 is 0 Å². The van der Waals surface area contributed by atoms with E-state index in [9.17, 15) is 0 Å². The standard InChI is InChI=1S/C16H22N2O2/c1-11(2)17-9-14-7-12(3)5-6-16(14)19-10-15-8-13(4)20-18-15/h5-8,11,17H,9-10H2,1-4H3. The molecule has 0 unspecified atom stereocenters. The van der Waals surface area contributed by atoms with E-state index in [-0.39, 0.29) is 0 Å². The summed E-state index contributed by atoms with van der Waals surface area (Å²) < 4.78 is 10.9. The number of aromatic nitrogens is 1. The highest BCUT2D eigenvalue weighted by atomic mass is 16.5. The summed E-state index contributed by atoms with van der Waals surface area (Å²) in [6.07, 6.45) is 0. The van der Waals surface area contributed by atoms with Gasteiger partial charge in [0, 0.05) is 24.2 Å². The number of aryl methyl sites for hydroxylation is 2. The molecule has 0 amide bonds. The van der Waals surface area contributed by atoms with Gasteiger partial charge < -0.3 is 14.6 Å². The van der Waals surface area contributed by atoms with Crippen molar-refractivity contribution in [1.82, 2.24) is 10.5 Å². The van der Waals surface area contributed by atoms with E-state index in [1.54, 1.807) is 0 Å². The third-order valence-electron chi connectivity index (χ3n) is 2.97. The number of nitrogens with one attached hydrogen (secondary N) is 1. The van der Waals surface area contributed by atoms with Gasteiger partial charge >= 0.3 is 0 Å². The third-order valence-corrected chi connectivity index (χ3v) is 2.97. The lowest BCUT2D eigenvalue weighted by Gasteiger charge is -2.14. The highest BCUT2D eigenvalue weighted by Gasteiger charge is 2.07. The molecule has 1 aromatic carbocycles. The summed E-state index contributed by atoms with van der Waals surface area (Å²) in [5.41, 5.74) is 3.21. The molecule has 108 valence electrons. The van der Waals surface area contributed by atoms with Gasteiger partial charge in [0.2, 0.25) is 0 Å².